The Morgan fingerprint density at radius 1 is 0.788 bits per heavy atom. The van der Waals surface area contributed by atoms with Gasteiger partial charge in [-0.2, -0.15) is 0 Å². The molecule has 0 heterocycles. The zero-order chi connectivity index (χ0) is 23.8. The number of phenolic OH excluding ortho intramolecular Hbond substituents is 1. The molecule has 172 valence electrons. The largest absolute Gasteiger partial charge is 0.508 e. The van der Waals surface area contributed by atoms with Gasteiger partial charge in [-0.15, -0.1) is 0 Å². The van der Waals surface area contributed by atoms with Crippen LogP contribution in [0.4, 0.5) is 0 Å². The third-order valence-electron chi connectivity index (χ3n) is 6.96. The summed E-state index contributed by atoms with van der Waals surface area (Å²) < 4.78 is 0. The van der Waals surface area contributed by atoms with E-state index in [0.717, 1.165) is 38.3 Å². The highest BCUT2D eigenvalue weighted by Gasteiger charge is 2.29. The Hall–Kier alpha value is -3.20. The molecule has 1 N–H and O–H groups in total. The standard InChI is InChI=1S/C30H34O3/c1-22(2)29(26-10-8-25(21-32)9-11-26)17-19-30(3,27-12-14-28(33)15-13-27)18-16-23-4-6-24(20-31)7-5-23/h4-15,20-22,29,33H,16-19H2,1-3H3. The molecule has 3 aromatic rings. The van der Waals surface area contributed by atoms with Gasteiger partial charge in [0.05, 0.1) is 0 Å². The average Bonchev–Trinajstić information content (AvgIpc) is 2.84. The smallest absolute Gasteiger partial charge is 0.150 e. The zero-order valence-corrected chi connectivity index (χ0v) is 19.8. The number of aryl methyl sites for hydroxylation is 1. The van der Waals surface area contributed by atoms with E-state index >= 15 is 0 Å². The van der Waals surface area contributed by atoms with Gasteiger partial charge >= 0.3 is 0 Å². The van der Waals surface area contributed by atoms with E-state index in [4.69, 9.17) is 0 Å². The Balaban J connectivity index is 1.81. The molecule has 0 saturated carbocycles. The molecule has 2 unspecified atom stereocenters. The fourth-order valence-electron chi connectivity index (χ4n) is 4.64. The second-order valence-electron chi connectivity index (χ2n) is 9.64. The predicted molar refractivity (Wildman–Crippen MR) is 134 cm³/mol. The summed E-state index contributed by atoms with van der Waals surface area (Å²) in [6, 6.07) is 23.4. The van der Waals surface area contributed by atoms with Gasteiger partial charge in [-0.05, 0) is 71.8 Å². The van der Waals surface area contributed by atoms with E-state index in [9.17, 15) is 14.7 Å². The van der Waals surface area contributed by atoms with E-state index in [1.807, 2.05) is 48.5 Å². The molecule has 0 radical (unpaired) electrons. The minimum atomic E-state index is -0.0626. The van der Waals surface area contributed by atoms with Crippen molar-refractivity contribution in [1.29, 1.82) is 0 Å². The van der Waals surface area contributed by atoms with Gasteiger partial charge in [0.25, 0.3) is 0 Å². The highest BCUT2D eigenvalue weighted by molar-refractivity contribution is 5.75. The molecule has 3 aromatic carbocycles. The van der Waals surface area contributed by atoms with Crippen LogP contribution in [0.25, 0.3) is 0 Å². The summed E-state index contributed by atoms with van der Waals surface area (Å²) in [7, 11) is 0. The van der Waals surface area contributed by atoms with Crippen molar-refractivity contribution in [2.45, 2.75) is 57.8 Å². The topological polar surface area (TPSA) is 54.4 Å². The van der Waals surface area contributed by atoms with Crippen LogP contribution in [-0.2, 0) is 11.8 Å². The third kappa shape index (κ3) is 6.41. The minimum Gasteiger partial charge on any atom is -0.508 e. The van der Waals surface area contributed by atoms with Crippen LogP contribution in [-0.4, -0.2) is 17.7 Å². The molecule has 33 heavy (non-hydrogen) atoms. The van der Waals surface area contributed by atoms with Crippen LogP contribution in [0.5, 0.6) is 5.75 Å². The van der Waals surface area contributed by atoms with Crippen molar-refractivity contribution >= 4 is 12.6 Å². The molecule has 0 aromatic heterocycles. The highest BCUT2D eigenvalue weighted by atomic mass is 16.3. The maximum Gasteiger partial charge on any atom is 0.150 e. The molecule has 0 fully saturated rings. The lowest BCUT2D eigenvalue weighted by Crippen LogP contribution is -2.24. The lowest BCUT2D eigenvalue weighted by atomic mass is 9.71. The van der Waals surface area contributed by atoms with E-state index in [1.165, 1.54) is 16.7 Å². The molecule has 0 saturated heterocycles. The maximum atomic E-state index is 11.0. The number of rotatable bonds is 11. The van der Waals surface area contributed by atoms with Crippen LogP contribution in [0.15, 0.2) is 72.8 Å². The van der Waals surface area contributed by atoms with E-state index in [-0.39, 0.29) is 11.2 Å². The first-order chi connectivity index (χ1) is 15.8. The first-order valence-corrected chi connectivity index (χ1v) is 11.7. The number of carbonyl (C=O) groups excluding carboxylic acids is 2. The van der Waals surface area contributed by atoms with Crippen molar-refractivity contribution in [3.63, 3.8) is 0 Å². The molecule has 0 aliphatic carbocycles. The number of carbonyl (C=O) groups is 2. The molecule has 0 bridgehead atoms. The first-order valence-electron chi connectivity index (χ1n) is 11.7. The average molecular weight is 443 g/mol. The van der Waals surface area contributed by atoms with Crippen LogP contribution >= 0.6 is 0 Å². The molecule has 3 rings (SSSR count). The van der Waals surface area contributed by atoms with Crippen molar-refractivity contribution in [2.24, 2.45) is 5.92 Å². The van der Waals surface area contributed by atoms with Gasteiger partial charge in [0.2, 0.25) is 0 Å². The fraction of sp³-hybridized carbons (Fsp3) is 0.333. The summed E-state index contributed by atoms with van der Waals surface area (Å²) in [5.41, 5.74) is 5.05. The van der Waals surface area contributed by atoms with Crippen LogP contribution in [0.3, 0.4) is 0 Å². The van der Waals surface area contributed by atoms with Gasteiger partial charge in [0, 0.05) is 11.1 Å². The van der Waals surface area contributed by atoms with Crippen LogP contribution < -0.4 is 0 Å². The summed E-state index contributed by atoms with van der Waals surface area (Å²) in [6.45, 7) is 6.82. The molecule has 0 amide bonds. The number of benzene rings is 3. The number of hydrogen-bond acceptors (Lipinski definition) is 3. The summed E-state index contributed by atoms with van der Waals surface area (Å²) >= 11 is 0. The first kappa shape index (κ1) is 24.4. The fourth-order valence-corrected chi connectivity index (χ4v) is 4.64. The van der Waals surface area contributed by atoms with E-state index in [0.29, 0.717) is 23.0 Å². The Morgan fingerprint density at radius 2 is 1.33 bits per heavy atom. The second-order valence-corrected chi connectivity index (χ2v) is 9.64. The number of aldehydes is 2. The molecule has 0 spiro atoms. The summed E-state index contributed by atoms with van der Waals surface area (Å²) in [5.74, 6) is 1.15. The lowest BCUT2D eigenvalue weighted by molar-refractivity contribution is 0.111. The number of phenols is 1. The zero-order valence-electron chi connectivity index (χ0n) is 19.8. The molecular weight excluding hydrogens is 408 g/mol. The Bertz CT molecular complexity index is 1030. The van der Waals surface area contributed by atoms with Crippen molar-refractivity contribution < 1.29 is 14.7 Å². The van der Waals surface area contributed by atoms with Gasteiger partial charge in [0.15, 0.2) is 0 Å². The molecule has 3 nitrogen and oxygen atoms in total. The summed E-state index contributed by atoms with van der Waals surface area (Å²) in [5, 5.41) is 9.81. The summed E-state index contributed by atoms with van der Waals surface area (Å²) in [6.07, 6.45) is 5.67. The van der Waals surface area contributed by atoms with E-state index in [1.54, 1.807) is 12.1 Å². The summed E-state index contributed by atoms with van der Waals surface area (Å²) in [4.78, 5) is 22.0. The van der Waals surface area contributed by atoms with Crippen LogP contribution in [0.1, 0.15) is 83.4 Å². The molecule has 3 heteroatoms. The number of aromatic hydroxyl groups is 1. The lowest BCUT2D eigenvalue weighted by Gasteiger charge is -2.33. The molecule has 2 atom stereocenters. The van der Waals surface area contributed by atoms with Crippen LogP contribution in [0, 0.1) is 5.92 Å². The van der Waals surface area contributed by atoms with Gasteiger partial charge in [-0.25, -0.2) is 0 Å². The van der Waals surface area contributed by atoms with Crippen molar-refractivity contribution in [1.82, 2.24) is 0 Å². The Morgan fingerprint density at radius 3 is 1.85 bits per heavy atom. The van der Waals surface area contributed by atoms with Crippen molar-refractivity contribution in [3.05, 3.63) is 101 Å². The SMILES string of the molecule is CC(C)C(CCC(C)(CCc1ccc(C=O)cc1)c1ccc(O)cc1)c1ccc(C=O)cc1. The van der Waals surface area contributed by atoms with Gasteiger partial charge in [0.1, 0.15) is 18.3 Å². The maximum absolute atomic E-state index is 11.0. The normalized spacial score (nSPS) is 13.9. The third-order valence-corrected chi connectivity index (χ3v) is 6.96. The second kappa shape index (κ2) is 11.1. The molecule has 0 aliphatic heterocycles. The van der Waals surface area contributed by atoms with Crippen LogP contribution in [0.2, 0.25) is 0 Å². The molecular formula is C30H34O3. The highest BCUT2D eigenvalue weighted by Crippen LogP contribution is 2.39. The predicted octanol–water partition coefficient (Wildman–Crippen LogP) is 7.13. The van der Waals surface area contributed by atoms with Crippen molar-refractivity contribution in [3.8, 4) is 5.75 Å². The quantitative estimate of drug-likeness (QED) is 0.321. The van der Waals surface area contributed by atoms with E-state index < -0.39 is 0 Å². The van der Waals surface area contributed by atoms with Crippen molar-refractivity contribution in [2.75, 3.05) is 0 Å². The van der Waals surface area contributed by atoms with Gasteiger partial charge in [-0.3, -0.25) is 9.59 Å². The Labute approximate surface area is 197 Å². The minimum absolute atomic E-state index is 0.0626. The monoisotopic (exact) mass is 442 g/mol. The van der Waals surface area contributed by atoms with Gasteiger partial charge < -0.3 is 5.11 Å². The van der Waals surface area contributed by atoms with E-state index in [2.05, 4.69) is 32.9 Å². The van der Waals surface area contributed by atoms with Gasteiger partial charge in [-0.1, -0.05) is 81.4 Å². The Kier molecular flexibility index (Phi) is 8.21. The molecule has 0 aliphatic rings. The number of hydrogen-bond donors (Lipinski definition) is 1.